The maximum atomic E-state index is 15.0. The lowest BCUT2D eigenvalue weighted by Gasteiger charge is -2.43. The predicted molar refractivity (Wildman–Crippen MR) is 142 cm³/mol. The van der Waals surface area contributed by atoms with Crippen molar-refractivity contribution in [3.63, 3.8) is 0 Å². The monoisotopic (exact) mass is 667 g/mol. The molecule has 0 radical (unpaired) electrons. The highest BCUT2D eigenvalue weighted by Crippen LogP contribution is 2.57. The SMILES string of the molecule is O=C(O)c1ccc(CN2CC[C@]3(S(=O)(=O)c4ccc(F)cc4)c4ccc(C(F)(C(F)(F)F)C(F)(F)F)cc4CC[C@H]23)c(Cl)c1. The van der Waals surface area contributed by atoms with Gasteiger partial charge in [-0.3, -0.25) is 4.90 Å². The fourth-order valence-corrected chi connectivity index (χ4v) is 8.99. The molecular formula is C29H22ClF8NO4S. The Morgan fingerprint density at radius 2 is 1.59 bits per heavy atom. The first-order valence-corrected chi connectivity index (χ1v) is 14.9. The van der Waals surface area contributed by atoms with Gasteiger partial charge >= 0.3 is 24.0 Å². The second-order valence-electron chi connectivity index (χ2n) is 10.8. The van der Waals surface area contributed by atoms with E-state index in [1.165, 1.54) is 18.2 Å². The molecule has 1 aliphatic heterocycles. The van der Waals surface area contributed by atoms with Gasteiger partial charge in [-0.25, -0.2) is 22.0 Å². The minimum absolute atomic E-state index is 0.0350. The smallest absolute Gasteiger partial charge is 0.435 e. The van der Waals surface area contributed by atoms with E-state index in [4.69, 9.17) is 11.6 Å². The number of aryl methyl sites for hydroxylation is 1. The van der Waals surface area contributed by atoms with Crippen molar-refractivity contribution in [3.8, 4) is 0 Å². The van der Waals surface area contributed by atoms with Crippen molar-refractivity contribution in [2.45, 2.75) is 59.5 Å². The van der Waals surface area contributed by atoms with Gasteiger partial charge in [0.2, 0.25) is 0 Å². The summed E-state index contributed by atoms with van der Waals surface area (Å²) in [5, 5.41) is 9.32. The topological polar surface area (TPSA) is 74.7 Å². The summed E-state index contributed by atoms with van der Waals surface area (Å²) in [4.78, 5) is 12.7. The van der Waals surface area contributed by atoms with E-state index in [1.807, 2.05) is 0 Å². The summed E-state index contributed by atoms with van der Waals surface area (Å²) in [5.74, 6) is -1.96. The molecule has 3 aromatic carbocycles. The molecule has 0 aromatic heterocycles. The molecule has 44 heavy (non-hydrogen) atoms. The zero-order valence-electron chi connectivity index (χ0n) is 22.3. The summed E-state index contributed by atoms with van der Waals surface area (Å²) < 4.78 is 137. The number of carbonyl (C=O) groups is 1. The number of halogens is 9. The molecule has 0 amide bonds. The predicted octanol–water partition coefficient (Wildman–Crippen LogP) is 7.36. The Morgan fingerprint density at radius 3 is 2.16 bits per heavy atom. The fourth-order valence-electron chi connectivity index (χ4n) is 6.36. The van der Waals surface area contributed by atoms with Gasteiger partial charge < -0.3 is 5.11 Å². The number of benzene rings is 3. The van der Waals surface area contributed by atoms with E-state index in [2.05, 4.69) is 0 Å². The maximum absolute atomic E-state index is 15.0. The Bertz CT molecular complexity index is 1710. The van der Waals surface area contributed by atoms with Crippen molar-refractivity contribution in [3.05, 3.63) is 99.3 Å². The van der Waals surface area contributed by atoms with Gasteiger partial charge in [0.1, 0.15) is 10.6 Å². The number of carboxylic acid groups (broad SMARTS) is 1. The third-order valence-corrected chi connectivity index (χ3v) is 11.4. The minimum Gasteiger partial charge on any atom is -0.478 e. The second-order valence-corrected chi connectivity index (χ2v) is 13.4. The summed E-state index contributed by atoms with van der Waals surface area (Å²) in [6, 6.07) is 8.51. The fraction of sp³-hybridized carbons (Fsp3) is 0.345. The van der Waals surface area contributed by atoms with Crippen molar-refractivity contribution in [1.29, 1.82) is 0 Å². The maximum Gasteiger partial charge on any atom is 0.435 e. The van der Waals surface area contributed by atoms with E-state index in [0.717, 1.165) is 30.3 Å². The van der Waals surface area contributed by atoms with Gasteiger partial charge in [-0.1, -0.05) is 35.9 Å². The summed E-state index contributed by atoms with van der Waals surface area (Å²) in [7, 11) is -4.51. The summed E-state index contributed by atoms with van der Waals surface area (Å²) in [5.41, 5.74) is -7.32. The molecule has 5 nitrogen and oxygen atoms in total. The number of likely N-dealkylation sites (tertiary alicyclic amines) is 1. The molecule has 1 saturated heterocycles. The van der Waals surface area contributed by atoms with Crippen LogP contribution in [0.25, 0.3) is 0 Å². The Morgan fingerprint density at radius 1 is 0.955 bits per heavy atom. The number of alkyl halides is 7. The zero-order valence-corrected chi connectivity index (χ0v) is 23.9. The minimum atomic E-state index is -6.35. The highest BCUT2D eigenvalue weighted by molar-refractivity contribution is 7.92. The number of sulfone groups is 1. The molecular weight excluding hydrogens is 646 g/mol. The Labute approximate surface area is 251 Å². The molecule has 1 aliphatic carbocycles. The average molecular weight is 668 g/mol. The van der Waals surface area contributed by atoms with E-state index >= 15 is 0 Å². The normalized spacial score (nSPS) is 21.2. The third kappa shape index (κ3) is 4.85. The molecule has 0 spiro atoms. The highest BCUT2D eigenvalue weighted by atomic mass is 35.5. The number of carboxylic acids is 1. The van der Waals surface area contributed by atoms with E-state index < -0.39 is 56.0 Å². The van der Waals surface area contributed by atoms with Crippen LogP contribution in [0.4, 0.5) is 35.1 Å². The summed E-state index contributed by atoms with van der Waals surface area (Å²) in [6.07, 6.45) is -13.1. The van der Waals surface area contributed by atoms with E-state index in [1.54, 1.807) is 4.90 Å². The van der Waals surface area contributed by atoms with E-state index in [9.17, 15) is 53.4 Å². The second kappa shape index (κ2) is 10.7. The van der Waals surface area contributed by atoms with Gasteiger partial charge in [0.25, 0.3) is 0 Å². The van der Waals surface area contributed by atoms with Gasteiger partial charge in [-0.05, 0) is 72.4 Å². The van der Waals surface area contributed by atoms with Crippen molar-refractivity contribution in [2.75, 3.05) is 6.54 Å². The van der Waals surface area contributed by atoms with Crippen LogP contribution in [-0.4, -0.2) is 49.3 Å². The molecule has 1 heterocycles. The van der Waals surface area contributed by atoms with Crippen LogP contribution in [0.15, 0.2) is 65.6 Å². The van der Waals surface area contributed by atoms with Crippen LogP contribution >= 0.6 is 11.6 Å². The quantitative estimate of drug-likeness (QED) is 0.220. The van der Waals surface area contributed by atoms with Gasteiger partial charge in [-0.2, -0.15) is 26.3 Å². The summed E-state index contributed by atoms with van der Waals surface area (Å²) in [6.45, 7) is 0.120. The number of rotatable bonds is 6. The standard InChI is InChI=1S/C29H22ClF8NO4S/c30-23-14-17(25(40)41)1-2-18(23)15-39-12-11-26(44(42,43)21-7-5-20(31)6-8-21)22-9-4-19(13-16(22)3-10-24(26)39)27(32,28(33,34)35)29(36,37)38/h1-2,4-9,13-14,24H,3,10-12,15H2,(H,40,41)/t24-,26-/m0/s1. The average Bonchev–Trinajstić information content (AvgIpc) is 3.32. The molecule has 1 fully saturated rings. The molecule has 2 aliphatic rings. The van der Waals surface area contributed by atoms with Crippen LogP contribution < -0.4 is 0 Å². The molecule has 1 N–H and O–H groups in total. The molecule has 0 saturated carbocycles. The van der Waals surface area contributed by atoms with Crippen molar-refractivity contribution in [1.82, 2.24) is 4.90 Å². The first kappa shape index (κ1) is 32.2. The van der Waals surface area contributed by atoms with Crippen molar-refractivity contribution >= 4 is 27.4 Å². The molecule has 5 rings (SSSR count). The number of hydrogen-bond acceptors (Lipinski definition) is 4. The van der Waals surface area contributed by atoms with Crippen LogP contribution in [0.3, 0.4) is 0 Å². The lowest BCUT2D eigenvalue weighted by molar-refractivity contribution is -0.348. The molecule has 15 heteroatoms. The largest absolute Gasteiger partial charge is 0.478 e. The molecule has 3 aromatic rings. The zero-order chi connectivity index (χ0) is 32.5. The third-order valence-electron chi connectivity index (χ3n) is 8.45. The van der Waals surface area contributed by atoms with Gasteiger partial charge in [0.05, 0.1) is 10.5 Å². The number of aromatic carboxylic acids is 1. The number of fused-ring (bicyclic) bond motifs is 3. The molecule has 2 atom stereocenters. The van der Waals surface area contributed by atoms with Crippen LogP contribution in [0.2, 0.25) is 5.02 Å². The Kier molecular flexibility index (Phi) is 7.82. The first-order chi connectivity index (χ1) is 20.3. The lowest BCUT2D eigenvalue weighted by atomic mass is 9.76. The van der Waals surface area contributed by atoms with Crippen LogP contribution in [0, 0.1) is 5.82 Å². The Hall–Kier alpha value is -3.23. The van der Waals surface area contributed by atoms with Crippen LogP contribution in [0.1, 0.15) is 45.5 Å². The van der Waals surface area contributed by atoms with Gasteiger partial charge in [0.15, 0.2) is 9.84 Å². The first-order valence-electron chi connectivity index (χ1n) is 13.1. The number of nitrogens with zero attached hydrogens (tertiary/aromatic N) is 1. The molecule has 0 bridgehead atoms. The van der Waals surface area contributed by atoms with E-state index in [-0.39, 0.29) is 59.0 Å². The van der Waals surface area contributed by atoms with Crippen molar-refractivity contribution < 1.29 is 53.4 Å². The lowest BCUT2D eigenvalue weighted by Crippen LogP contribution is -2.52. The van der Waals surface area contributed by atoms with Crippen molar-refractivity contribution in [2.24, 2.45) is 0 Å². The molecule has 236 valence electrons. The van der Waals surface area contributed by atoms with Crippen LogP contribution in [0.5, 0.6) is 0 Å². The number of hydrogen-bond donors (Lipinski definition) is 1. The van der Waals surface area contributed by atoms with Crippen LogP contribution in [-0.2, 0) is 33.2 Å². The van der Waals surface area contributed by atoms with E-state index in [0.29, 0.717) is 17.7 Å². The molecule has 0 unspecified atom stereocenters. The highest BCUT2D eigenvalue weighted by Gasteiger charge is 2.73. The van der Waals surface area contributed by atoms with Gasteiger partial charge in [-0.15, -0.1) is 0 Å². The Balaban J connectivity index is 1.66. The van der Waals surface area contributed by atoms with Gasteiger partial charge in [0, 0.05) is 29.7 Å². The summed E-state index contributed by atoms with van der Waals surface area (Å²) >= 11 is 6.31.